The first-order valence-corrected chi connectivity index (χ1v) is 19.4. The largest absolute Gasteiger partial charge is 0.509 e. The number of hydrogen-bond donors (Lipinski definition) is 0. The second kappa shape index (κ2) is 13.9. The van der Waals surface area contributed by atoms with Crippen LogP contribution in [-0.4, -0.2) is 9.55 Å². The second-order valence-corrected chi connectivity index (χ2v) is 15.4. The SMILES string of the molecule is Cc1ccnc(-n2c3[c-]c(Oc4[c-]c(N5[CH-]N(c6c(-c7ccccc7)cccc6-c6ccccc6)c6ccccc65)ccc4)cc4c3c3c(cccc32)C4(C)C)c1.[Pt]. The van der Waals surface area contributed by atoms with Gasteiger partial charge in [0.25, 0.3) is 0 Å². The standard InChI is InChI=1S/C52H37N4O.Pt/c1-34-27-28-53-48(29-34)56-46-26-14-23-42-49(46)50-43(52(42,2)3)31-39(32-47(50)56)57-38-20-12-19-37(30-38)54-33-55(45-25-11-10-24-44(45)54)51-40(35-15-6-4-7-16-35)21-13-22-41(51)36-17-8-5-9-18-36;/h4-29,31,33H,1-3H3;/q-3;. The van der Waals surface area contributed by atoms with Gasteiger partial charge < -0.3 is 19.1 Å². The van der Waals surface area contributed by atoms with E-state index >= 15 is 0 Å². The zero-order chi connectivity index (χ0) is 38.3. The van der Waals surface area contributed by atoms with Crippen molar-refractivity contribution >= 4 is 44.6 Å². The molecule has 1 aliphatic heterocycles. The summed E-state index contributed by atoms with van der Waals surface area (Å²) in [6, 6.07) is 62.7. The van der Waals surface area contributed by atoms with E-state index in [1.807, 2.05) is 24.4 Å². The van der Waals surface area contributed by atoms with E-state index in [0.717, 1.165) is 67.4 Å². The molecule has 0 unspecified atom stereocenters. The van der Waals surface area contributed by atoms with Crippen LogP contribution >= 0.6 is 0 Å². The molecule has 284 valence electrons. The van der Waals surface area contributed by atoms with Crippen LogP contribution in [0.15, 0.2) is 164 Å². The molecule has 1 aliphatic carbocycles. The number of hydrogen-bond acceptors (Lipinski definition) is 4. The summed E-state index contributed by atoms with van der Waals surface area (Å²) in [4.78, 5) is 9.34. The van der Waals surface area contributed by atoms with Gasteiger partial charge in [-0.25, -0.2) is 4.98 Å². The van der Waals surface area contributed by atoms with Gasteiger partial charge in [-0.1, -0.05) is 128 Å². The Morgan fingerprint density at radius 1 is 0.603 bits per heavy atom. The van der Waals surface area contributed by atoms with Crippen molar-refractivity contribution in [1.29, 1.82) is 0 Å². The fourth-order valence-corrected chi connectivity index (χ4v) is 8.91. The van der Waals surface area contributed by atoms with Crippen molar-refractivity contribution in [3.05, 3.63) is 199 Å². The van der Waals surface area contributed by atoms with Crippen LogP contribution in [0.4, 0.5) is 22.7 Å². The molecule has 11 rings (SSSR count). The number of fused-ring (bicyclic) bond motifs is 1. The number of nitrogens with zero attached hydrogens (tertiary/aromatic N) is 4. The fourth-order valence-electron chi connectivity index (χ4n) is 8.91. The summed E-state index contributed by atoms with van der Waals surface area (Å²) in [5, 5.41) is 2.48. The van der Waals surface area contributed by atoms with Gasteiger partial charge in [0.1, 0.15) is 5.82 Å². The maximum absolute atomic E-state index is 6.77. The molecule has 0 N–H and O–H groups in total. The maximum Gasteiger partial charge on any atom is 0.135 e. The summed E-state index contributed by atoms with van der Waals surface area (Å²) in [7, 11) is 0. The molecular weight excluding hydrogens is 892 g/mol. The molecule has 0 saturated carbocycles. The number of para-hydroxylation sites is 3. The Balaban J connectivity index is 0.00000408. The average molecular weight is 929 g/mol. The molecule has 2 aromatic heterocycles. The maximum atomic E-state index is 6.77. The van der Waals surface area contributed by atoms with Gasteiger partial charge >= 0.3 is 0 Å². The van der Waals surface area contributed by atoms with Gasteiger partial charge in [-0.05, 0) is 70.3 Å². The van der Waals surface area contributed by atoms with E-state index in [-0.39, 0.29) is 26.5 Å². The van der Waals surface area contributed by atoms with Gasteiger partial charge in [0, 0.05) is 72.5 Å². The van der Waals surface area contributed by atoms with Gasteiger partial charge in [0.05, 0.1) is 0 Å². The van der Waals surface area contributed by atoms with Crippen LogP contribution in [0.2, 0.25) is 0 Å². The monoisotopic (exact) mass is 928 g/mol. The summed E-state index contributed by atoms with van der Waals surface area (Å²) in [5.41, 5.74) is 14.3. The smallest absolute Gasteiger partial charge is 0.135 e. The minimum atomic E-state index is -0.202. The third-order valence-corrected chi connectivity index (χ3v) is 11.6. The number of anilines is 4. The molecule has 0 atom stereocenters. The molecule has 6 heteroatoms. The Morgan fingerprint density at radius 3 is 1.97 bits per heavy atom. The van der Waals surface area contributed by atoms with Gasteiger partial charge in [0.2, 0.25) is 0 Å². The fraction of sp³-hybridized carbons (Fsp3) is 0.0769. The van der Waals surface area contributed by atoms with E-state index in [2.05, 4.69) is 193 Å². The second-order valence-electron chi connectivity index (χ2n) is 15.4. The summed E-state index contributed by atoms with van der Waals surface area (Å²) in [5.74, 6) is 2.13. The molecule has 58 heavy (non-hydrogen) atoms. The number of aromatic nitrogens is 2. The quantitative estimate of drug-likeness (QED) is 0.149. The summed E-state index contributed by atoms with van der Waals surface area (Å²) < 4.78 is 9.00. The minimum Gasteiger partial charge on any atom is -0.509 e. The van der Waals surface area contributed by atoms with E-state index in [4.69, 9.17) is 9.72 Å². The third-order valence-electron chi connectivity index (χ3n) is 11.6. The molecule has 0 radical (unpaired) electrons. The van der Waals surface area contributed by atoms with E-state index < -0.39 is 0 Å². The number of ether oxygens (including phenoxy) is 1. The van der Waals surface area contributed by atoms with Crippen molar-refractivity contribution in [2.75, 3.05) is 9.80 Å². The van der Waals surface area contributed by atoms with Crippen molar-refractivity contribution < 1.29 is 25.8 Å². The van der Waals surface area contributed by atoms with Crippen LogP contribution in [0.25, 0.3) is 49.9 Å². The molecule has 9 aromatic rings. The van der Waals surface area contributed by atoms with Crippen LogP contribution in [-0.2, 0) is 26.5 Å². The summed E-state index contributed by atoms with van der Waals surface area (Å²) in [6.07, 6.45) is 1.88. The number of pyridine rings is 1. The predicted molar refractivity (Wildman–Crippen MR) is 232 cm³/mol. The minimum absolute atomic E-state index is 0. The van der Waals surface area contributed by atoms with Gasteiger partial charge in [-0.2, -0.15) is 6.07 Å². The van der Waals surface area contributed by atoms with Crippen molar-refractivity contribution in [3.63, 3.8) is 0 Å². The molecule has 5 nitrogen and oxygen atoms in total. The van der Waals surface area contributed by atoms with E-state index in [1.165, 1.54) is 21.9 Å². The summed E-state index contributed by atoms with van der Waals surface area (Å²) in [6.45, 7) is 8.88. The van der Waals surface area contributed by atoms with Crippen molar-refractivity contribution in [1.82, 2.24) is 9.55 Å². The topological polar surface area (TPSA) is 33.5 Å². The van der Waals surface area contributed by atoms with Crippen molar-refractivity contribution in [2.45, 2.75) is 26.2 Å². The number of aryl methyl sites for hydroxylation is 1. The zero-order valence-corrected chi connectivity index (χ0v) is 34.5. The van der Waals surface area contributed by atoms with E-state index in [0.29, 0.717) is 11.5 Å². The van der Waals surface area contributed by atoms with E-state index in [9.17, 15) is 0 Å². The first-order chi connectivity index (χ1) is 27.9. The first-order valence-electron chi connectivity index (χ1n) is 19.4. The van der Waals surface area contributed by atoms with Crippen LogP contribution in [0, 0.1) is 25.7 Å². The van der Waals surface area contributed by atoms with Crippen LogP contribution < -0.4 is 14.5 Å². The molecule has 7 aromatic carbocycles. The van der Waals surface area contributed by atoms with Crippen molar-refractivity contribution in [3.8, 4) is 39.6 Å². The van der Waals surface area contributed by atoms with Crippen LogP contribution in [0.1, 0.15) is 30.5 Å². The van der Waals surface area contributed by atoms with Gasteiger partial charge in [-0.3, -0.25) is 0 Å². The molecule has 3 heterocycles. The Morgan fingerprint density at radius 2 is 1.26 bits per heavy atom. The first kappa shape index (κ1) is 36.0. The van der Waals surface area contributed by atoms with Crippen LogP contribution in [0.5, 0.6) is 11.5 Å². The predicted octanol–water partition coefficient (Wildman–Crippen LogP) is 13.3. The molecule has 0 fully saturated rings. The Bertz CT molecular complexity index is 2970. The number of benzene rings is 7. The van der Waals surface area contributed by atoms with Crippen LogP contribution in [0.3, 0.4) is 0 Å². The Hall–Kier alpha value is -6.42. The Kier molecular flexibility index (Phi) is 8.62. The Labute approximate surface area is 353 Å². The molecule has 2 aliphatic rings. The zero-order valence-electron chi connectivity index (χ0n) is 32.2. The molecule has 0 saturated heterocycles. The molecule has 0 spiro atoms. The number of rotatable bonds is 7. The third kappa shape index (κ3) is 5.60. The van der Waals surface area contributed by atoms with Crippen molar-refractivity contribution in [2.24, 2.45) is 0 Å². The molecule has 0 amide bonds. The van der Waals surface area contributed by atoms with E-state index in [1.54, 1.807) is 0 Å². The summed E-state index contributed by atoms with van der Waals surface area (Å²) >= 11 is 0. The molecule has 0 bridgehead atoms. The average Bonchev–Trinajstić information content (AvgIpc) is 3.87. The normalized spacial score (nSPS) is 13.6. The molecular formula is C52H37N4OPt-3. The van der Waals surface area contributed by atoms with Gasteiger partial charge in [-0.15, -0.1) is 48.3 Å². The van der Waals surface area contributed by atoms with Gasteiger partial charge in [0.15, 0.2) is 0 Å².